The van der Waals surface area contributed by atoms with E-state index in [-0.39, 0.29) is 0 Å². The molecule has 0 saturated carbocycles. The first-order chi connectivity index (χ1) is 26.8. The van der Waals surface area contributed by atoms with Crippen LogP contribution in [0.5, 0.6) is 0 Å². The lowest BCUT2D eigenvalue weighted by molar-refractivity contribution is 0.415. The van der Waals surface area contributed by atoms with Gasteiger partial charge in [0.1, 0.15) is 0 Å². The Hall–Kier alpha value is -6.90. The maximum absolute atomic E-state index is 5.40. The van der Waals surface area contributed by atoms with Crippen LogP contribution in [0.15, 0.2) is 218 Å². The second-order valence-corrected chi connectivity index (χ2v) is 14.0. The Labute approximate surface area is 316 Å². The van der Waals surface area contributed by atoms with Crippen molar-refractivity contribution in [3.63, 3.8) is 0 Å². The normalized spacial score (nSPS) is 13.9. The van der Waals surface area contributed by atoms with E-state index in [9.17, 15) is 0 Å². The predicted molar refractivity (Wildman–Crippen MR) is 221 cm³/mol. The topological polar surface area (TPSA) is 25.8 Å². The third-order valence-corrected chi connectivity index (χ3v) is 11.3. The Morgan fingerprint density at radius 3 is 1.15 bits per heavy atom. The van der Waals surface area contributed by atoms with Crippen LogP contribution in [-0.2, 0) is 10.8 Å². The third-order valence-electron chi connectivity index (χ3n) is 11.3. The standard InChI is InChI=1S/C52H36N2/c1-6-20-37(21-7-1)49-50(54-48-33-19-18-32-47(48)53-49)38-34-35-44-43-30-16-17-31-45(43)51(39-22-8-2-9-23-39,40-24-10-3-11-25-40)52(46(44)36-38,41-26-12-4-13-27-41)42-28-14-5-15-29-42/h1-36H. The van der Waals surface area contributed by atoms with Gasteiger partial charge in [-0.2, -0.15) is 0 Å². The smallest absolute Gasteiger partial charge is 0.0973 e. The van der Waals surface area contributed by atoms with Crippen LogP contribution in [0, 0.1) is 0 Å². The molecule has 0 unspecified atom stereocenters. The van der Waals surface area contributed by atoms with Gasteiger partial charge in [-0.05, 0) is 62.7 Å². The fourth-order valence-corrected chi connectivity index (χ4v) is 9.26. The van der Waals surface area contributed by atoms with Crippen LogP contribution in [0.2, 0.25) is 0 Å². The molecule has 2 heteroatoms. The van der Waals surface area contributed by atoms with Crippen molar-refractivity contribution in [2.24, 2.45) is 0 Å². The SMILES string of the molecule is c1ccc(-c2nc3ccccc3nc2-c2ccc3c(c2)C(c2ccccc2)(c2ccccc2)C(c2ccccc2)(c2ccccc2)c2ccccc2-3)cc1. The van der Waals surface area contributed by atoms with Gasteiger partial charge in [-0.25, -0.2) is 9.97 Å². The van der Waals surface area contributed by atoms with E-state index in [1.165, 1.54) is 44.5 Å². The highest BCUT2D eigenvalue weighted by Crippen LogP contribution is 2.65. The lowest BCUT2D eigenvalue weighted by Gasteiger charge is -2.57. The van der Waals surface area contributed by atoms with Crippen molar-refractivity contribution in [2.75, 3.05) is 0 Å². The number of benzene rings is 8. The lowest BCUT2D eigenvalue weighted by atomic mass is 9.43. The van der Waals surface area contributed by atoms with Gasteiger partial charge in [-0.3, -0.25) is 0 Å². The first kappa shape index (κ1) is 31.8. The van der Waals surface area contributed by atoms with Gasteiger partial charge in [0.05, 0.1) is 33.3 Å². The first-order valence-corrected chi connectivity index (χ1v) is 18.6. The maximum atomic E-state index is 5.40. The Morgan fingerprint density at radius 1 is 0.278 bits per heavy atom. The van der Waals surface area contributed by atoms with E-state index in [0.29, 0.717) is 0 Å². The molecule has 254 valence electrons. The molecule has 1 aromatic heterocycles. The summed E-state index contributed by atoms with van der Waals surface area (Å²) in [6.07, 6.45) is 0. The second kappa shape index (κ2) is 12.9. The van der Waals surface area contributed by atoms with E-state index in [1.54, 1.807) is 0 Å². The Morgan fingerprint density at radius 2 is 0.648 bits per heavy atom. The second-order valence-electron chi connectivity index (χ2n) is 14.0. The average Bonchev–Trinajstić information content (AvgIpc) is 3.26. The Kier molecular flexibility index (Phi) is 7.63. The number of rotatable bonds is 6. The van der Waals surface area contributed by atoms with Crippen molar-refractivity contribution in [1.82, 2.24) is 9.97 Å². The summed E-state index contributed by atoms with van der Waals surface area (Å²) in [7, 11) is 0. The van der Waals surface area contributed by atoms with Gasteiger partial charge >= 0.3 is 0 Å². The largest absolute Gasteiger partial charge is 0.244 e. The zero-order valence-electron chi connectivity index (χ0n) is 29.7. The van der Waals surface area contributed by atoms with Crippen molar-refractivity contribution in [3.8, 4) is 33.6 Å². The van der Waals surface area contributed by atoms with E-state index in [0.717, 1.165) is 33.5 Å². The molecule has 9 aromatic rings. The molecule has 8 aromatic carbocycles. The summed E-state index contributed by atoms with van der Waals surface area (Å²) < 4.78 is 0. The summed E-state index contributed by atoms with van der Waals surface area (Å²) in [6, 6.07) is 79.3. The number of hydrogen-bond acceptors (Lipinski definition) is 2. The molecule has 0 fully saturated rings. The van der Waals surface area contributed by atoms with Gasteiger partial charge in [-0.15, -0.1) is 0 Å². The van der Waals surface area contributed by atoms with Crippen LogP contribution < -0.4 is 0 Å². The van der Waals surface area contributed by atoms with Crippen LogP contribution in [0.25, 0.3) is 44.7 Å². The van der Waals surface area contributed by atoms with Crippen molar-refractivity contribution in [1.29, 1.82) is 0 Å². The maximum Gasteiger partial charge on any atom is 0.0973 e. The molecular weight excluding hydrogens is 653 g/mol. The summed E-state index contributed by atoms with van der Waals surface area (Å²) in [4.78, 5) is 10.7. The highest BCUT2D eigenvalue weighted by molar-refractivity contribution is 5.91. The molecule has 0 spiro atoms. The monoisotopic (exact) mass is 688 g/mol. The minimum atomic E-state index is -0.741. The Bertz CT molecular complexity index is 2660. The van der Waals surface area contributed by atoms with Gasteiger partial charge in [0.25, 0.3) is 0 Å². The van der Waals surface area contributed by atoms with Crippen molar-refractivity contribution >= 4 is 11.0 Å². The number of aromatic nitrogens is 2. The predicted octanol–water partition coefficient (Wildman–Crippen LogP) is 12.3. The molecule has 10 rings (SSSR count). The van der Waals surface area contributed by atoms with Gasteiger partial charge in [0, 0.05) is 11.1 Å². The zero-order chi connectivity index (χ0) is 36.0. The quantitative estimate of drug-likeness (QED) is 0.174. The number of fused-ring (bicyclic) bond motifs is 4. The van der Waals surface area contributed by atoms with Gasteiger partial charge in [0.15, 0.2) is 0 Å². The number of nitrogens with zero attached hydrogens (tertiary/aromatic N) is 2. The van der Waals surface area contributed by atoms with Crippen LogP contribution in [0.1, 0.15) is 33.4 Å². The highest BCUT2D eigenvalue weighted by atomic mass is 14.8. The summed E-state index contributed by atoms with van der Waals surface area (Å²) in [5, 5.41) is 0. The fraction of sp³-hybridized carbons (Fsp3) is 0.0385. The van der Waals surface area contributed by atoms with Crippen LogP contribution in [0.3, 0.4) is 0 Å². The summed E-state index contributed by atoms with van der Waals surface area (Å²) >= 11 is 0. The molecule has 0 atom stereocenters. The van der Waals surface area contributed by atoms with Gasteiger partial charge < -0.3 is 0 Å². The van der Waals surface area contributed by atoms with E-state index in [4.69, 9.17) is 9.97 Å². The number of para-hydroxylation sites is 2. The van der Waals surface area contributed by atoms with Crippen LogP contribution in [0.4, 0.5) is 0 Å². The third kappa shape index (κ3) is 4.67. The molecule has 1 aliphatic carbocycles. The molecular formula is C52H36N2. The van der Waals surface area contributed by atoms with E-state index in [1.807, 2.05) is 18.2 Å². The fourth-order valence-electron chi connectivity index (χ4n) is 9.26. The Balaban J connectivity index is 1.42. The van der Waals surface area contributed by atoms with E-state index in [2.05, 4.69) is 200 Å². The number of hydrogen-bond donors (Lipinski definition) is 0. The van der Waals surface area contributed by atoms with Crippen molar-refractivity contribution in [3.05, 3.63) is 252 Å². The summed E-state index contributed by atoms with van der Waals surface area (Å²) in [5.41, 5.74) is 13.9. The molecule has 0 bridgehead atoms. The van der Waals surface area contributed by atoms with Crippen molar-refractivity contribution < 1.29 is 0 Å². The average molecular weight is 689 g/mol. The zero-order valence-corrected chi connectivity index (χ0v) is 29.7. The molecule has 0 amide bonds. The lowest BCUT2D eigenvalue weighted by Crippen LogP contribution is -2.54. The first-order valence-electron chi connectivity index (χ1n) is 18.6. The molecule has 54 heavy (non-hydrogen) atoms. The highest BCUT2D eigenvalue weighted by Gasteiger charge is 2.61. The van der Waals surface area contributed by atoms with E-state index < -0.39 is 10.8 Å². The molecule has 1 aliphatic rings. The molecule has 0 N–H and O–H groups in total. The van der Waals surface area contributed by atoms with E-state index >= 15 is 0 Å². The molecule has 1 heterocycles. The molecule has 2 nitrogen and oxygen atoms in total. The van der Waals surface area contributed by atoms with Gasteiger partial charge in [-0.1, -0.05) is 200 Å². The van der Waals surface area contributed by atoms with Crippen molar-refractivity contribution in [2.45, 2.75) is 10.8 Å². The minimum absolute atomic E-state index is 0.697. The van der Waals surface area contributed by atoms with Gasteiger partial charge in [0.2, 0.25) is 0 Å². The molecule has 0 saturated heterocycles. The molecule has 0 aliphatic heterocycles. The minimum Gasteiger partial charge on any atom is -0.244 e. The summed E-state index contributed by atoms with van der Waals surface area (Å²) in [5.74, 6) is 0. The molecule has 0 radical (unpaired) electrons. The van der Waals surface area contributed by atoms with Crippen LogP contribution >= 0.6 is 0 Å². The summed E-state index contributed by atoms with van der Waals surface area (Å²) in [6.45, 7) is 0. The van der Waals surface area contributed by atoms with Crippen LogP contribution in [-0.4, -0.2) is 9.97 Å².